The normalized spacial score (nSPS) is 11.9. The number of hydrogen-bond donors (Lipinski definition) is 0. The molecule has 0 amide bonds. The van der Waals surface area contributed by atoms with Gasteiger partial charge < -0.3 is 14.2 Å². The minimum atomic E-state index is -0.257. The Bertz CT molecular complexity index is 1200. The lowest BCUT2D eigenvalue weighted by Crippen LogP contribution is -2.15. The summed E-state index contributed by atoms with van der Waals surface area (Å²) in [5.74, 6) is 1.50. The van der Waals surface area contributed by atoms with E-state index < -0.39 is 0 Å². The zero-order chi connectivity index (χ0) is 32.0. The highest BCUT2D eigenvalue weighted by molar-refractivity contribution is 5.89. The smallest absolute Gasteiger partial charge is 0.338 e. The summed E-state index contributed by atoms with van der Waals surface area (Å²) in [5.41, 5.74) is 1.59. The first kappa shape index (κ1) is 36.5. The largest absolute Gasteiger partial charge is 0.494 e. The van der Waals surface area contributed by atoms with Crippen LogP contribution in [0.15, 0.2) is 60.7 Å². The van der Waals surface area contributed by atoms with Crippen molar-refractivity contribution in [3.63, 3.8) is 0 Å². The predicted molar refractivity (Wildman–Crippen MR) is 190 cm³/mol. The monoisotopic (exact) mass is 616 g/mol. The van der Waals surface area contributed by atoms with Crippen molar-refractivity contribution in [1.29, 1.82) is 0 Å². The first-order chi connectivity index (χ1) is 22.1. The van der Waals surface area contributed by atoms with E-state index in [1.165, 1.54) is 96.3 Å². The minimum Gasteiger partial charge on any atom is -0.494 e. The Morgan fingerprint density at radius 2 is 1.07 bits per heavy atom. The van der Waals surface area contributed by atoms with Crippen LogP contribution in [0.5, 0.6) is 11.5 Å². The SMILES string of the molecule is CCCCCCCCCCCCCCCOc1ccc2cc(OCc3ccc(C(=O)O[C@H](C)CCCCCC)cc3)ccc2c1. The Hall–Kier alpha value is -3.01. The lowest BCUT2D eigenvalue weighted by atomic mass is 10.0. The van der Waals surface area contributed by atoms with Gasteiger partial charge in [-0.2, -0.15) is 0 Å². The molecule has 0 heterocycles. The molecule has 3 rings (SSSR count). The number of unbranched alkanes of at least 4 members (excludes halogenated alkanes) is 15. The van der Waals surface area contributed by atoms with Crippen molar-refractivity contribution in [3.8, 4) is 11.5 Å². The van der Waals surface area contributed by atoms with Gasteiger partial charge in [0, 0.05) is 0 Å². The van der Waals surface area contributed by atoms with Gasteiger partial charge in [0.1, 0.15) is 18.1 Å². The summed E-state index contributed by atoms with van der Waals surface area (Å²) < 4.78 is 17.7. The number of hydrogen-bond acceptors (Lipinski definition) is 4. The van der Waals surface area contributed by atoms with Crippen LogP contribution in [0.4, 0.5) is 0 Å². The number of esters is 1. The van der Waals surface area contributed by atoms with E-state index in [2.05, 4.69) is 44.2 Å². The molecular formula is C41H60O4. The predicted octanol–water partition coefficient (Wildman–Crippen LogP) is 12.4. The van der Waals surface area contributed by atoms with Crippen molar-refractivity contribution in [2.24, 2.45) is 0 Å². The highest BCUT2D eigenvalue weighted by Gasteiger charge is 2.12. The van der Waals surface area contributed by atoms with Gasteiger partial charge in [-0.3, -0.25) is 0 Å². The molecule has 0 unspecified atom stereocenters. The first-order valence-electron chi connectivity index (χ1n) is 18.2. The number of rotatable bonds is 25. The third kappa shape index (κ3) is 15.2. The van der Waals surface area contributed by atoms with Crippen LogP contribution in [0.3, 0.4) is 0 Å². The average Bonchev–Trinajstić information content (AvgIpc) is 3.06. The van der Waals surface area contributed by atoms with E-state index in [4.69, 9.17) is 14.2 Å². The molecule has 3 aromatic carbocycles. The number of ether oxygens (including phenoxy) is 3. The maximum absolute atomic E-state index is 12.5. The van der Waals surface area contributed by atoms with Gasteiger partial charge in [0.2, 0.25) is 0 Å². The van der Waals surface area contributed by atoms with Crippen LogP contribution in [0.25, 0.3) is 10.8 Å². The van der Waals surface area contributed by atoms with E-state index in [-0.39, 0.29) is 12.1 Å². The number of benzene rings is 3. The van der Waals surface area contributed by atoms with Gasteiger partial charge in [0.15, 0.2) is 0 Å². The fourth-order valence-electron chi connectivity index (χ4n) is 5.76. The van der Waals surface area contributed by atoms with Crippen LogP contribution >= 0.6 is 0 Å². The Morgan fingerprint density at radius 3 is 1.62 bits per heavy atom. The summed E-state index contributed by atoms with van der Waals surface area (Å²) in [6, 6.07) is 20.0. The zero-order valence-electron chi connectivity index (χ0n) is 28.6. The quantitative estimate of drug-likeness (QED) is 0.0701. The van der Waals surface area contributed by atoms with E-state index in [1.54, 1.807) is 0 Å². The van der Waals surface area contributed by atoms with Crippen molar-refractivity contribution >= 4 is 16.7 Å². The number of carbonyl (C=O) groups excluding carboxylic acids is 1. The van der Waals surface area contributed by atoms with Crippen molar-refractivity contribution < 1.29 is 19.0 Å². The third-order valence-electron chi connectivity index (χ3n) is 8.67. The van der Waals surface area contributed by atoms with Crippen LogP contribution < -0.4 is 9.47 Å². The number of carbonyl (C=O) groups is 1. The molecule has 1 atom stereocenters. The van der Waals surface area contributed by atoms with Crippen LogP contribution in [0.2, 0.25) is 0 Å². The summed E-state index contributed by atoms with van der Waals surface area (Å²) in [5, 5.41) is 2.27. The second-order valence-electron chi connectivity index (χ2n) is 12.8. The van der Waals surface area contributed by atoms with Crippen molar-refractivity contribution in [2.75, 3.05) is 6.61 Å². The molecule has 0 saturated carbocycles. The maximum Gasteiger partial charge on any atom is 0.338 e. The molecule has 4 nitrogen and oxygen atoms in total. The van der Waals surface area contributed by atoms with Crippen LogP contribution in [0, 0.1) is 0 Å². The third-order valence-corrected chi connectivity index (χ3v) is 8.67. The van der Waals surface area contributed by atoms with E-state index >= 15 is 0 Å². The molecule has 3 aromatic rings. The van der Waals surface area contributed by atoms with Gasteiger partial charge in [0.05, 0.1) is 18.3 Å². The molecule has 0 aliphatic heterocycles. The molecule has 0 aliphatic carbocycles. The van der Waals surface area contributed by atoms with Gasteiger partial charge in [-0.1, -0.05) is 134 Å². The first-order valence-corrected chi connectivity index (χ1v) is 18.2. The van der Waals surface area contributed by atoms with Crippen molar-refractivity contribution in [1.82, 2.24) is 0 Å². The molecule has 0 N–H and O–H groups in total. The van der Waals surface area contributed by atoms with E-state index in [1.807, 2.05) is 37.3 Å². The summed E-state index contributed by atoms with van der Waals surface area (Å²) in [6.07, 6.45) is 23.3. The summed E-state index contributed by atoms with van der Waals surface area (Å²) in [6.45, 7) is 7.68. The maximum atomic E-state index is 12.5. The highest BCUT2D eigenvalue weighted by Crippen LogP contribution is 2.26. The van der Waals surface area contributed by atoms with Crippen LogP contribution in [-0.2, 0) is 11.3 Å². The molecular weight excluding hydrogens is 556 g/mol. The summed E-state index contributed by atoms with van der Waals surface area (Å²) >= 11 is 0. The molecule has 0 fully saturated rings. The van der Waals surface area contributed by atoms with E-state index in [0.29, 0.717) is 12.2 Å². The van der Waals surface area contributed by atoms with Crippen molar-refractivity contribution in [2.45, 2.75) is 149 Å². The molecule has 45 heavy (non-hydrogen) atoms. The van der Waals surface area contributed by atoms with Gasteiger partial charge in [-0.15, -0.1) is 0 Å². The summed E-state index contributed by atoms with van der Waals surface area (Å²) in [4.78, 5) is 12.5. The van der Waals surface area contributed by atoms with E-state index in [0.717, 1.165) is 53.7 Å². The van der Waals surface area contributed by atoms with Gasteiger partial charge in [-0.05, 0) is 78.9 Å². The highest BCUT2D eigenvalue weighted by atomic mass is 16.5. The molecule has 4 heteroatoms. The molecule has 0 radical (unpaired) electrons. The Labute approximate surface area is 274 Å². The molecule has 0 bridgehead atoms. The van der Waals surface area contributed by atoms with Gasteiger partial charge in [0.25, 0.3) is 0 Å². The number of fused-ring (bicyclic) bond motifs is 1. The van der Waals surface area contributed by atoms with Crippen molar-refractivity contribution in [3.05, 3.63) is 71.8 Å². The second kappa shape index (κ2) is 22.5. The summed E-state index contributed by atoms with van der Waals surface area (Å²) in [7, 11) is 0. The topological polar surface area (TPSA) is 44.8 Å². The Kier molecular flexibility index (Phi) is 18.2. The van der Waals surface area contributed by atoms with Gasteiger partial charge >= 0.3 is 5.97 Å². The lowest BCUT2D eigenvalue weighted by Gasteiger charge is -2.13. The molecule has 0 saturated heterocycles. The Morgan fingerprint density at radius 1 is 0.578 bits per heavy atom. The Balaban J connectivity index is 1.29. The second-order valence-corrected chi connectivity index (χ2v) is 12.8. The van der Waals surface area contributed by atoms with Gasteiger partial charge in [-0.25, -0.2) is 4.79 Å². The standard InChI is InChI=1S/C41H60O4/c1-4-6-8-10-11-12-13-14-15-16-17-18-20-30-43-39-28-26-38-32-40(29-27-37(38)31-39)44-33-35-22-24-36(25-23-35)41(42)45-34(3)21-19-9-7-5-2/h22-29,31-32,34H,4-21,30,33H2,1-3H3/t34-/m1/s1. The van der Waals surface area contributed by atoms with Crippen LogP contribution in [-0.4, -0.2) is 18.7 Å². The lowest BCUT2D eigenvalue weighted by molar-refractivity contribution is 0.0319. The molecule has 0 spiro atoms. The average molecular weight is 617 g/mol. The molecule has 0 aliphatic rings. The fraction of sp³-hybridized carbons (Fsp3) is 0.585. The zero-order valence-corrected chi connectivity index (χ0v) is 28.6. The molecule has 0 aromatic heterocycles. The molecule has 248 valence electrons. The minimum absolute atomic E-state index is 0.0584. The van der Waals surface area contributed by atoms with E-state index in [9.17, 15) is 4.79 Å². The van der Waals surface area contributed by atoms with Crippen LogP contribution in [0.1, 0.15) is 152 Å². The fourth-order valence-corrected chi connectivity index (χ4v) is 5.76.